The summed E-state index contributed by atoms with van der Waals surface area (Å²) in [5.41, 5.74) is 1.19. The molecular weight excluding hydrogens is 344 g/mol. The van der Waals surface area contributed by atoms with Gasteiger partial charge in [0.15, 0.2) is 0 Å². The molecule has 0 amide bonds. The molecule has 1 aliphatic rings. The molecule has 1 fully saturated rings. The second-order valence-electron chi connectivity index (χ2n) is 6.48. The predicted octanol–water partition coefficient (Wildman–Crippen LogP) is 2.46. The number of fused-ring (bicyclic) bond motifs is 1. The number of nitriles is 1. The minimum atomic E-state index is -0.738. The van der Waals surface area contributed by atoms with Crippen molar-refractivity contribution in [1.82, 2.24) is 9.38 Å². The van der Waals surface area contributed by atoms with Gasteiger partial charge in [-0.1, -0.05) is 6.07 Å². The number of aryl methyl sites for hydroxylation is 1. The molecule has 0 saturated carbocycles. The first-order valence-electron chi connectivity index (χ1n) is 9.12. The minimum Gasteiger partial charge on any atom is -0.462 e. The second kappa shape index (κ2) is 8.04. The first-order chi connectivity index (χ1) is 13.1. The Labute approximate surface area is 157 Å². The van der Waals surface area contributed by atoms with Crippen molar-refractivity contribution >= 4 is 23.5 Å². The van der Waals surface area contributed by atoms with Crippen LogP contribution in [0.25, 0.3) is 11.7 Å². The van der Waals surface area contributed by atoms with Crippen molar-refractivity contribution in [3.05, 3.63) is 45.4 Å². The van der Waals surface area contributed by atoms with Crippen LogP contribution in [0.2, 0.25) is 0 Å². The number of pyridine rings is 1. The van der Waals surface area contributed by atoms with Crippen LogP contribution in [0.3, 0.4) is 0 Å². The Bertz CT molecular complexity index is 995. The number of hydrogen-bond donors (Lipinski definition) is 0. The van der Waals surface area contributed by atoms with Crippen molar-refractivity contribution in [1.29, 1.82) is 5.26 Å². The monoisotopic (exact) mass is 366 g/mol. The van der Waals surface area contributed by atoms with Crippen molar-refractivity contribution in [2.75, 3.05) is 24.6 Å². The van der Waals surface area contributed by atoms with Gasteiger partial charge < -0.3 is 9.64 Å². The summed E-state index contributed by atoms with van der Waals surface area (Å²) >= 11 is 0. The molecule has 0 spiro atoms. The molecule has 0 N–H and O–H groups in total. The quantitative estimate of drug-likeness (QED) is 0.469. The van der Waals surface area contributed by atoms with Crippen LogP contribution in [-0.2, 0) is 9.53 Å². The maximum atomic E-state index is 13.2. The molecule has 0 aliphatic carbocycles. The number of carbonyl (C=O) groups is 1. The van der Waals surface area contributed by atoms with Gasteiger partial charge in [-0.2, -0.15) is 5.26 Å². The Hall–Kier alpha value is -3.14. The number of hydrogen-bond acceptors (Lipinski definition) is 6. The van der Waals surface area contributed by atoms with E-state index in [2.05, 4.69) is 4.90 Å². The molecule has 140 valence electrons. The highest BCUT2D eigenvalue weighted by atomic mass is 16.5. The summed E-state index contributed by atoms with van der Waals surface area (Å²) in [6, 6.07) is 5.52. The Morgan fingerprint density at radius 1 is 1.37 bits per heavy atom. The van der Waals surface area contributed by atoms with Crippen LogP contribution in [0.5, 0.6) is 0 Å². The molecule has 3 rings (SSSR count). The van der Waals surface area contributed by atoms with Crippen molar-refractivity contribution in [3.63, 3.8) is 0 Å². The summed E-state index contributed by atoms with van der Waals surface area (Å²) in [5, 5.41) is 9.37. The fourth-order valence-electron chi connectivity index (χ4n) is 3.26. The van der Waals surface area contributed by atoms with Crippen molar-refractivity contribution < 1.29 is 9.53 Å². The van der Waals surface area contributed by atoms with E-state index in [4.69, 9.17) is 9.72 Å². The molecule has 7 heteroatoms. The largest absolute Gasteiger partial charge is 0.462 e. The van der Waals surface area contributed by atoms with E-state index < -0.39 is 5.97 Å². The zero-order valence-corrected chi connectivity index (χ0v) is 15.6. The number of ether oxygens (including phenoxy) is 1. The van der Waals surface area contributed by atoms with E-state index in [9.17, 15) is 14.9 Å². The van der Waals surface area contributed by atoms with E-state index in [1.807, 2.05) is 19.1 Å². The summed E-state index contributed by atoms with van der Waals surface area (Å²) in [7, 11) is 0. The van der Waals surface area contributed by atoms with Gasteiger partial charge in [0.2, 0.25) is 0 Å². The van der Waals surface area contributed by atoms with E-state index in [1.165, 1.54) is 10.5 Å². The summed E-state index contributed by atoms with van der Waals surface area (Å²) in [6.45, 7) is 5.30. The van der Waals surface area contributed by atoms with Gasteiger partial charge in [-0.05, 0) is 50.8 Å². The van der Waals surface area contributed by atoms with Crippen LogP contribution >= 0.6 is 0 Å². The third-order valence-electron chi connectivity index (χ3n) is 4.62. The predicted molar refractivity (Wildman–Crippen MR) is 102 cm³/mol. The fourth-order valence-corrected chi connectivity index (χ4v) is 3.26. The molecule has 0 radical (unpaired) electrons. The lowest BCUT2D eigenvalue weighted by molar-refractivity contribution is -0.137. The van der Waals surface area contributed by atoms with Crippen molar-refractivity contribution in [2.24, 2.45) is 0 Å². The van der Waals surface area contributed by atoms with E-state index in [0.29, 0.717) is 11.5 Å². The number of rotatable bonds is 4. The smallest absolute Gasteiger partial charge is 0.348 e. The molecule has 3 heterocycles. The molecule has 0 atom stereocenters. The number of piperidine rings is 1. The maximum Gasteiger partial charge on any atom is 0.348 e. The van der Waals surface area contributed by atoms with Crippen LogP contribution < -0.4 is 10.5 Å². The summed E-state index contributed by atoms with van der Waals surface area (Å²) in [6.07, 6.45) is 6.12. The summed E-state index contributed by atoms with van der Waals surface area (Å²) < 4.78 is 6.38. The van der Waals surface area contributed by atoms with Crippen molar-refractivity contribution in [2.45, 2.75) is 33.1 Å². The number of nitrogens with zero attached hydrogens (tertiary/aromatic N) is 4. The van der Waals surface area contributed by atoms with Crippen LogP contribution in [0.15, 0.2) is 28.7 Å². The maximum absolute atomic E-state index is 13.2. The Balaban J connectivity index is 2.25. The third kappa shape index (κ3) is 3.70. The Morgan fingerprint density at radius 3 is 2.78 bits per heavy atom. The zero-order chi connectivity index (χ0) is 19.4. The lowest BCUT2D eigenvalue weighted by Crippen LogP contribution is -2.33. The van der Waals surface area contributed by atoms with Gasteiger partial charge in [0.05, 0.1) is 12.2 Å². The van der Waals surface area contributed by atoms with Crippen molar-refractivity contribution in [3.8, 4) is 6.07 Å². The summed E-state index contributed by atoms with van der Waals surface area (Å²) in [4.78, 5) is 32.0. The molecule has 2 aromatic heterocycles. The topological polar surface area (TPSA) is 87.7 Å². The molecule has 7 nitrogen and oxygen atoms in total. The number of anilines is 1. The molecule has 0 unspecified atom stereocenters. The van der Waals surface area contributed by atoms with Gasteiger partial charge in [-0.3, -0.25) is 9.20 Å². The van der Waals surface area contributed by atoms with E-state index in [1.54, 1.807) is 19.2 Å². The highest BCUT2D eigenvalue weighted by Crippen LogP contribution is 2.23. The van der Waals surface area contributed by atoms with Crippen LogP contribution in [0.4, 0.5) is 5.82 Å². The van der Waals surface area contributed by atoms with Gasteiger partial charge >= 0.3 is 5.97 Å². The van der Waals surface area contributed by atoms with E-state index in [0.717, 1.165) is 37.9 Å². The zero-order valence-electron chi connectivity index (χ0n) is 15.6. The molecule has 27 heavy (non-hydrogen) atoms. The average Bonchev–Trinajstić information content (AvgIpc) is 2.68. The number of esters is 1. The van der Waals surface area contributed by atoms with Gasteiger partial charge in [0.25, 0.3) is 5.56 Å². The fraction of sp³-hybridized carbons (Fsp3) is 0.400. The molecule has 1 saturated heterocycles. The van der Waals surface area contributed by atoms with Crippen LogP contribution in [0.1, 0.15) is 37.3 Å². The highest BCUT2D eigenvalue weighted by molar-refractivity contribution is 5.98. The normalized spacial score (nSPS) is 14.9. The summed E-state index contributed by atoms with van der Waals surface area (Å²) in [5.74, 6) is -0.218. The average molecular weight is 366 g/mol. The van der Waals surface area contributed by atoms with Crippen LogP contribution in [0, 0.1) is 18.3 Å². The van der Waals surface area contributed by atoms with Gasteiger partial charge in [-0.15, -0.1) is 0 Å². The molecular formula is C20H22N4O3. The highest BCUT2D eigenvalue weighted by Gasteiger charge is 2.21. The lowest BCUT2D eigenvalue weighted by atomic mass is 10.1. The molecule has 0 bridgehead atoms. The Morgan fingerprint density at radius 2 is 2.11 bits per heavy atom. The van der Waals surface area contributed by atoms with E-state index in [-0.39, 0.29) is 23.3 Å². The minimum absolute atomic E-state index is 0.158. The van der Waals surface area contributed by atoms with Gasteiger partial charge in [0, 0.05) is 19.3 Å². The Kier molecular flexibility index (Phi) is 5.55. The van der Waals surface area contributed by atoms with Gasteiger partial charge in [0.1, 0.15) is 23.1 Å². The number of carbonyl (C=O) groups excluding carboxylic acids is 1. The first-order valence-corrected chi connectivity index (χ1v) is 9.12. The second-order valence-corrected chi connectivity index (χ2v) is 6.48. The molecule has 0 aromatic carbocycles. The standard InChI is InChI=1S/C20H22N4O3/c1-3-27-20(26)15(13-21)12-16-18(23-9-5-4-6-10-23)22-17-14(2)8-7-11-24(17)19(16)25/h7-8,11-12H,3-6,9-10H2,1-2H3/b15-12+. The van der Waals surface area contributed by atoms with Gasteiger partial charge in [-0.25, -0.2) is 9.78 Å². The number of aromatic nitrogens is 2. The SMILES string of the molecule is CCOC(=O)/C(C#N)=C/c1c(N2CCCCC2)nc2c(C)cccn2c1=O. The van der Waals surface area contributed by atoms with E-state index >= 15 is 0 Å². The molecule has 2 aromatic rings. The van der Waals surface area contributed by atoms with Crippen LogP contribution in [-0.4, -0.2) is 35.1 Å². The first kappa shape index (κ1) is 18.6. The third-order valence-corrected chi connectivity index (χ3v) is 4.62. The lowest BCUT2D eigenvalue weighted by Gasteiger charge is -2.29. The molecule has 1 aliphatic heterocycles.